The van der Waals surface area contributed by atoms with Gasteiger partial charge >= 0.3 is 11.9 Å². The van der Waals surface area contributed by atoms with Crippen molar-refractivity contribution in [3.8, 4) is 0 Å². The van der Waals surface area contributed by atoms with Crippen molar-refractivity contribution in [1.82, 2.24) is 0 Å². The number of carbonyl (C=O) groups excluding carboxylic acids is 2. The molecule has 0 aromatic heterocycles. The van der Waals surface area contributed by atoms with Gasteiger partial charge in [-0.25, -0.2) is 0 Å². The third-order valence-electron chi connectivity index (χ3n) is 3.95. The third kappa shape index (κ3) is 5.75. The molecule has 0 aliphatic carbocycles. The quantitative estimate of drug-likeness (QED) is 0.544. The smallest absolute Gasteiger partial charge is 0.322 e. The maximum Gasteiger partial charge on any atom is 0.322 e. The average Bonchev–Trinajstić information content (AvgIpc) is 2.63. The lowest BCUT2D eigenvalue weighted by Crippen LogP contribution is -2.37. The van der Waals surface area contributed by atoms with Crippen LogP contribution in [0.5, 0.6) is 0 Å². The van der Waals surface area contributed by atoms with Gasteiger partial charge in [0.15, 0.2) is 5.41 Å². The fourth-order valence-electron chi connectivity index (χ4n) is 2.26. The van der Waals surface area contributed by atoms with E-state index in [-0.39, 0.29) is 13.2 Å². The second kappa shape index (κ2) is 9.02. The topological polar surface area (TPSA) is 52.6 Å². The lowest BCUT2D eigenvalue weighted by Gasteiger charge is -2.20. The highest BCUT2D eigenvalue weighted by molar-refractivity contribution is 5.99. The maximum atomic E-state index is 12.2. The number of carbonyl (C=O) groups is 2. The molecule has 2 rings (SSSR count). The summed E-state index contributed by atoms with van der Waals surface area (Å²) in [6, 6.07) is 19.5. The molecule has 0 saturated carbocycles. The van der Waals surface area contributed by atoms with Crippen molar-refractivity contribution in [3.05, 3.63) is 71.8 Å². The average molecular weight is 340 g/mol. The summed E-state index contributed by atoms with van der Waals surface area (Å²) >= 11 is 0. The van der Waals surface area contributed by atoms with Crippen molar-refractivity contribution in [2.45, 2.75) is 26.7 Å². The summed E-state index contributed by atoms with van der Waals surface area (Å²) in [6.07, 6.45) is 1.23. The van der Waals surface area contributed by atoms with Crippen LogP contribution in [-0.2, 0) is 31.9 Å². The number of esters is 2. The molecule has 0 fully saturated rings. The minimum atomic E-state index is -1.31. The van der Waals surface area contributed by atoms with Gasteiger partial charge in [-0.1, -0.05) is 60.7 Å². The summed E-state index contributed by atoms with van der Waals surface area (Å²) in [4.78, 5) is 24.4. The molecular formula is C21H24O4. The Kier molecular flexibility index (Phi) is 6.75. The van der Waals surface area contributed by atoms with Crippen molar-refractivity contribution in [3.63, 3.8) is 0 Å². The Bertz CT molecular complexity index is 618. The van der Waals surface area contributed by atoms with Gasteiger partial charge < -0.3 is 9.47 Å². The van der Waals surface area contributed by atoms with E-state index in [1.165, 1.54) is 13.8 Å². The van der Waals surface area contributed by atoms with Crippen LogP contribution in [0.2, 0.25) is 0 Å². The first-order valence-electron chi connectivity index (χ1n) is 8.42. The van der Waals surface area contributed by atoms with Crippen molar-refractivity contribution in [1.29, 1.82) is 0 Å². The van der Waals surface area contributed by atoms with Crippen LogP contribution in [-0.4, -0.2) is 25.2 Å². The molecular weight excluding hydrogens is 316 g/mol. The molecule has 0 bridgehead atoms. The zero-order valence-electron chi connectivity index (χ0n) is 14.7. The van der Waals surface area contributed by atoms with Crippen LogP contribution in [0.15, 0.2) is 60.7 Å². The van der Waals surface area contributed by atoms with E-state index in [1.807, 2.05) is 60.7 Å². The molecule has 0 N–H and O–H groups in total. The van der Waals surface area contributed by atoms with Gasteiger partial charge in [-0.3, -0.25) is 9.59 Å². The van der Waals surface area contributed by atoms with E-state index in [1.54, 1.807) is 0 Å². The van der Waals surface area contributed by atoms with Crippen molar-refractivity contribution in [2.75, 3.05) is 13.2 Å². The Balaban J connectivity index is 1.75. The fraction of sp³-hybridized carbons (Fsp3) is 0.333. The van der Waals surface area contributed by atoms with E-state index in [2.05, 4.69) is 0 Å². The van der Waals surface area contributed by atoms with E-state index in [0.29, 0.717) is 12.8 Å². The van der Waals surface area contributed by atoms with Gasteiger partial charge in [0.05, 0.1) is 13.2 Å². The highest BCUT2D eigenvalue weighted by Crippen LogP contribution is 2.20. The maximum absolute atomic E-state index is 12.2. The van der Waals surface area contributed by atoms with Crippen LogP contribution in [0.3, 0.4) is 0 Å². The second-order valence-electron chi connectivity index (χ2n) is 6.37. The molecule has 0 amide bonds. The molecule has 25 heavy (non-hydrogen) atoms. The Hall–Kier alpha value is -2.62. The molecule has 2 aromatic rings. The Morgan fingerprint density at radius 1 is 0.720 bits per heavy atom. The summed E-state index contributed by atoms with van der Waals surface area (Å²) in [5.41, 5.74) is 0.852. The first-order valence-corrected chi connectivity index (χ1v) is 8.42. The van der Waals surface area contributed by atoms with E-state index >= 15 is 0 Å². The summed E-state index contributed by atoms with van der Waals surface area (Å²) in [7, 11) is 0. The predicted molar refractivity (Wildman–Crippen MR) is 96.0 cm³/mol. The highest BCUT2D eigenvalue weighted by Gasteiger charge is 2.39. The highest BCUT2D eigenvalue weighted by atomic mass is 16.6. The first kappa shape index (κ1) is 18.7. The summed E-state index contributed by atoms with van der Waals surface area (Å²) in [6.45, 7) is 3.54. The Labute approximate surface area is 148 Å². The molecule has 0 atom stereocenters. The molecule has 0 heterocycles. The zero-order valence-corrected chi connectivity index (χ0v) is 14.7. The van der Waals surface area contributed by atoms with Crippen molar-refractivity contribution >= 4 is 11.9 Å². The minimum Gasteiger partial charge on any atom is -0.465 e. The van der Waals surface area contributed by atoms with Crippen LogP contribution in [0.1, 0.15) is 25.0 Å². The van der Waals surface area contributed by atoms with Gasteiger partial charge in [0.2, 0.25) is 0 Å². The van der Waals surface area contributed by atoms with Crippen LogP contribution in [0.25, 0.3) is 0 Å². The summed E-state index contributed by atoms with van der Waals surface area (Å²) in [5, 5.41) is 0. The molecule has 0 aliphatic heterocycles. The lowest BCUT2D eigenvalue weighted by atomic mass is 9.94. The predicted octanol–water partition coefficient (Wildman–Crippen LogP) is 3.58. The molecule has 0 aliphatic rings. The van der Waals surface area contributed by atoms with Crippen LogP contribution in [0, 0.1) is 5.41 Å². The van der Waals surface area contributed by atoms with E-state index in [4.69, 9.17) is 9.47 Å². The number of ether oxygens (including phenoxy) is 2. The molecule has 0 unspecified atom stereocenters. The van der Waals surface area contributed by atoms with Gasteiger partial charge in [-0.15, -0.1) is 0 Å². The number of hydrogen-bond acceptors (Lipinski definition) is 4. The molecule has 0 radical (unpaired) electrons. The van der Waals surface area contributed by atoms with E-state index in [0.717, 1.165) is 11.1 Å². The Morgan fingerprint density at radius 2 is 1.08 bits per heavy atom. The summed E-state index contributed by atoms with van der Waals surface area (Å²) < 4.78 is 10.5. The van der Waals surface area contributed by atoms with Crippen molar-refractivity contribution in [2.24, 2.45) is 5.41 Å². The standard InChI is InChI=1S/C21H24O4/c1-21(2,19(22)24-15-13-17-9-5-3-6-10-17)20(23)25-16-14-18-11-7-4-8-12-18/h3-12H,13-16H2,1-2H3. The van der Waals surface area contributed by atoms with Gasteiger partial charge in [0.25, 0.3) is 0 Å². The molecule has 4 heteroatoms. The monoisotopic (exact) mass is 340 g/mol. The molecule has 132 valence electrons. The van der Waals surface area contributed by atoms with Crippen LogP contribution < -0.4 is 0 Å². The summed E-state index contributed by atoms with van der Waals surface area (Å²) in [5.74, 6) is -1.12. The van der Waals surface area contributed by atoms with Crippen LogP contribution >= 0.6 is 0 Å². The van der Waals surface area contributed by atoms with Gasteiger partial charge in [-0.05, 0) is 25.0 Å². The van der Waals surface area contributed by atoms with Crippen molar-refractivity contribution < 1.29 is 19.1 Å². The van der Waals surface area contributed by atoms with Gasteiger partial charge in [0, 0.05) is 12.8 Å². The normalized spacial score (nSPS) is 11.0. The molecule has 0 spiro atoms. The SMILES string of the molecule is CC(C)(C(=O)OCCc1ccccc1)C(=O)OCCc1ccccc1. The number of benzene rings is 2. The first-order chi connectivity index (χ1) is 12.0. The zero-order chi connectivity index (χ0) is 18.1. The number of hydrogen-bond donors (Lipinski definition) is 0. The molecule has 2 aromatic carbocycles. The van der Waals surface area contributed by atoms with E-state index in [9.17, 15) is 9.59 Å². The molecule has 4 nitrogen and oxygen atoms in total. The second-order valence-corrected chi connectivity index (χ2v) is 6.37. The minimum absolute atomic E-state index is 0.240. The van der Waals surface area contributed by atoms with E-state index < -0.39 is 17.4 Å². The third-order valence-corrected chi connectivity index (χ3v) is 3.95. The van der Waals surface area contributed by atoms with Gasteiger partial charge in [0.1, 0.15) is 0 Å². The Morgan fingerprint density at radius 3 is 1.44 bits per heavy atom. The van der Waals surface area contributed by atoms with Gasteiger partial charge in [-0.2, -0.15) is 0 Å². The fourth-order valence-corrected chi connectivity index (χ4v) is 2.26. The van der Waals surface area contributed by atoms with Crippen LogP contribution in [0.4, 0.5) is 0 Å². The largest absolute Gasteiger partial charge is 0.465 e. The lowest BCUT2D eigenvalue weighted by molar-refractivity contribution is -0.169. The number of rotatable bonds is 8. The molecule has 0 saturated heterocycles.